The van der Waals surface area contributed by atoms with E-state index in [9.17, 15) is 9.59 Å². The van der Waals surface area contributed by atoms with Crippen LogP contribution < -0.4 is 5.32 Å². The molecule has 2 amide bonds. The van der Waals surface area contributed by atoms with Gasteiger partial charge in [-0.1, -0.05) is 34.6 Å². The lowest BCUT2D eigenvalue weighted by molar-refractivity contribution is -0.149. The number of nitrogens with one attached hydrogen (secondary N) is 1. The van der Waals surface area contributed by atoms with E-state index >= 15 is 0 Å². The Morgan fingerprint density at radius 2 is 1.65 bits per heavy atom. The van der Waals surface area contributed by atoms with Gasteiger partial charge in [0.25, 0.3) is 0 Å². The van der Waals surface area contributed by atoms with Crippen LogP contribution in [0.2, 0.25) is 0 Å². The highest BCUT2D eigenvalue weighted by atomic mass is 16.6. The van der Waals surface area contributed by atoms with Crippen molar-refractivity contribution in [2.45, 2.75) is 130 Å². The maximum absolute atomic E-state index is 13.1. The molecule has 2 saturated heterocycles. The Balaban J connectivity index is 0.00000182. The molecule has 2 N–H and O–H groups in total. The van der Waals surface area contributed by atoms with Gasteiger partial charge in [0.05, 0.1) is 25.4 Å². The summed E-state index contributed by atoms with van der Waals surface area (Å²) in [5.41, 5.74) is 1.22. The summed E-state index contributed by atoms with van der Waals surface area (Å²) in [6.45, 7) is 16.7. The largest absolute Gasteiger partial charge is 0.446 e. The van der Waals surface area contributed by atoms with Crippen LogP contribution in [0.3, 0.4) is 0 Å². The molecule has 2 heterocycles. The lowest BCUT2D eigenvalue weighted by Gasteiger charge is -2.59. The first-order valence-corrected chi connectivity index (χ1v) is 18.5. The van der Waals surface area contributed by atoms with Gasteiger partial charge in [0, 0.05) is 32.2 Å². The van der Waals surface area contributed by atoms with Crippen LogP contribution in [-0.4, -0.2) is 86.6 Å². The van der Waals surface area contributed by atoms with Crippen LogP contribution in [0.4, 0.5) is 9.59 Å². The van der Waals surface area contributed by atoms with E-state index in [1.54, 1.807) is 0 Å². The first-order valence-electron chi connectivity index (χ1n) is 18.5. The number of aliphatic hydroxyl groups excluding tert-OH is 1. The van der Waals surface area contributed by atoms with Crippen molar-refractivity contribution in [1.82, 2.24) is 10.2 Å². The number of ether oxygens (including phenoxy) is 4. The zero-order valence-corrected chi connectivity index (χ0v) is 29.6. The zero-order valence-electron chi connectivity index (χ0n) is 29.6. The van der Waals surface area contributed by atoms with Crippen molar-refractivity contribution < 1.29 is 33.6 Å². The van der Waals surface area contributed by atoms with E-state index in [0.29, 0.717) is 66.8 Å². The van der Waals surface area contributed by atoms with Gasteiger partial charge in [-0.2, -0.15) is 0 Å². The number of amides is 2. The molecular formula is C37H62N2O7. The average Bonchev–Trinajstić information content (AvgIpc) is 3.62. The highest BCUT2D eigenvalue weighted by Gasteiger charge is 2.81. The van der Waals surface area contributed by atoms with Crippen molar-refractivity contribution in [2.24, 2.45) is 51.2 Å². The Morgan fingerprint density at radius 3 is 2.35 bits per heavy atom. The van der Waals surface area contributed by atoms with Crippen molar-refractivity contribution in [2.75, 3.05) is 40.0 Å². The molecule has 9 nitrogen and oxygen atoms in total. The Bertz CT molecular complexity index is 1130. The molecule has 7 rings (SSSR count). The minimum Gasteiger partial charge on any atom is -0.446 e. The summed E-state index contributed by atoms with van der Waals surface area (Å²) in [6.07, 6.45) is 11.7. The molecule has 5 saturated carbocycles. The number of carbonyl (C=O) groups excluding carboxylic acids is 2. The third kappa shape index (κ3) is 5.28. The average molecular weight is 647 g/mol. The van der Waals surface area contributed by atoms with Crippen LogP contribution in [-0.2, 0) is 18.9 Å². The number of nitrogens with zero attached hydrogens (tertiary/aromatic N) is 1. The Hall–Kier alpha value is -1.58. The second-order valence-electron chi connectivity index (χ2n) is 16.9. The smallest absolute Gasteiger partial charge is 0.410 e. The van der Waals surface area contributed by atoms with Crippen molar-refractivity contribution in [3.05, 3.63) is 0 Å². The second-order valence-corrected chi connectivity index (χ2v) is 16.9. The minimum absolute atomic E-state index is 0.00765. The topological polar surface area (TPSA) is 107 Å². The van der Waals surface area contributed by atoms with Crippen LogP contribution in [0.15, 0.2) is 0 Å². The maximum atomic E-state index is 13.1. The molecule has 0 radical (unpaired) electrons. The fourth-order valence-corrected chi connectivity index (χ4v) is 12.6. The number of aliphatic hydroxyl groups is 1. The summed E-state index contributed by atoms with van der Waals surface area (Å²) in [4.78, 5) is 27.3. The van der Waals surface area contributed by atoms with Gasteiger partial charge in [0.15, 0.2) is 0 Å². The van der Waals surface area contributed by atoms with Crippen molar-refractivity contribution in [1.29, 1.82) is 0 Å². The summed E-state index contributed by atoms with van der Waals surface area (Å²) >= 11 is 0. The van der Waals surface area contributed by atoms with Gasteiger partial charge in [-0.3, -0.25) is 0 Å². The van der Waals surface area contributed by atoms with Crippen molar-refractivity contribution in [3.8, 4) is 0 Å². The predicted molar refractivity (Wildman–Crippen MR) is 175 cm³/mol. The summed E-state index contributed by atoms with van der Waals surface area (Å²) in [6, 6.07) is 0. The normalized spacial score (nSPS) is 44.1. The van der Waals surface area contributed by atoms with Crippen LogP contribution in [0.25, 0.3) is 0 Å². The Kier molecular flexibility index (Phi) is 9.47. The fourth-order valence-electron chi connectivity index (χ4n) is 12.6. The molecule has 11 atom stereocenters. The molecule has 7 fully saturated rings. The van der Waals surface area contributed by atoms with Gasteiger partial charge in [0.1, 0.15) is 12.2 Å². The molecule has 0 bridgehead atoms. The molecule has 46 heavy (non-hydrogen) atoms. The highest BCUT2D eigenvalue weighted by Crippen LogP contribution is 2.87. The van der Waals surface area contributed by atoms with Crippen LogP contribution in [0.1, 0.15) is 106 Å². The van der Waals surface area contributed by atoms with E-state index in [2.05, 4.69) is 39.9 Å². The monoisotopic (exact) mass is 646 g/mol. The number of hydrogen-bond acceptors (Lipinski definition) is 7. The summed E-state index contributed by atoms with van der Waals surface area (Å²) in [5.74, 6) is 2.94. The van der Waals surface area contributed by atoms with Gasteiger partial charge in [-0.15, -0.1) is 0 Å². The van der Waals surface area contributed by atoms with Gasteiger partial charge in [0.2, 0.25) is 0 Å². The van der Waals surface area contributed by atoms with Gasteiger partial charge in [-0.25, -0.2) is 9.59 Å². The first-order chi connectivity index (χ1) is 22.0. The summed E-state index contributed by atoms with van der Waals surface area (Å²) in [5, 5.41) is 9.81. The van der Waals surface area contributed by atoms with E-state index in [0.717, 1.165) is 25.9 Å². The molecule has 5 aliphatic carbocycles. The molecule has 2 spiro atoms. The van der Waals surface area contributed by atoms with E-state index in [4.69, 9.17) is 24.1 Å². The third-order valence-electron chi connectivity index (χ3n) is 14.7. The number of carbonyl (C=O) groups is 2. The summed E-state index contributed by atoms with van der Waals surface area (Å²) in [7, 11) is 1.00. The highest BCUT2D eigenvalue weighted by molar-refractivity contribution is 5.68. The van der Waals surface area contributed by atoms with Gasteiger partial charge >= 0.3 is 12.2 Å². The van der Waals surface area contributed by atoms with Gasteiger partial charge < -0.3 is 34.3 Å². The van der Waals surface area contributed by atoms with Crippen LogP contribution in [0, 0.1) is 51.2 Å². The zero-order chi connectivity index (χ0) is 33.1. The lowest BCUT2D eigenvalue weighted by atomic mass is 9.46. The lowest BCUT2D eigenvalue weighted by Crippen LogP contribution is -2.55. The number of hydrogen-bond donors (Lipinski definition) is 2. The molecule has 0 aromatic carbocycles. The van der Waals surface area contributed by atoms with E-state index in [1.807, 2.05) is 11.8 Å². The minimum atomic E-state index is -0.324. The molecular weight excluding hydrogens is 584 g/mol. The standard InChI is InChI=1S/C36H58N2O6.CH4O/c1-7-37-31(39)44-30(22(2)3)26-10-8-24-27(42-26)20-25-23-9-11-28-33(4,5)29(43-32(40)38-16-18-41-19-17-38)12-13-36(28)21-35(23,36)15-14-34(24,25)6;1-2/h22-30H,7-21H2,1-6H3,(H,37,39);2H,1H3/t23?,24?,25?,26?,27?,28-,29-,30+,34+,35-,36+;/m0./s1. The second kappa shape index (κ2) is 12.7. The molecule has 0 aromatic heterocycles. The quantitative estimate of drug-likeness (QED) is 0.356. The van der Waals surface area contributed by atoms with E-state index < -0.39 is 0 Å². The third-order valence-corrected chi connectivity index (χ3v) is 14.7. The Labute approximate surface area is 277 Å². The fraction of sp³-hybridized carbons (Fsp3) is 0.946. The van der Waals surface area contributed by atoms with Crippen molar-refractivity contribution >= 4 is 12.2 Å². The number of fused-ring (bicyclic) bond motifs is 4. The van der Waals surface area contributed by atoms with Gasteiger partial charge in [-0.05, 0) is 117 Å². The number of morpholine rings is 1. The van der Waals surface area contributed by atoms with E-state index in [1.165, 1.54) is 51.4 Å². The molecule has 2 aliphatic heterocycles. The number of rotatable bonds is 5. The molecule has 262 valence electrons. The number of alkyl carbamates (subject to hydrolysis) is 1. The Morgan fingerprint density at radius 1 is 0.935 bits per heavy atom. The molecule has 7 aliphatic rings. The maximum Gasteiger partial charge on any atom is 0.410 e. The molecule has 9 heteroatoms. The predicted octanol–water partition coefficient (Wildman–Crippen LogP) is 6.41. The van der Waals surface area contributed by atoms with Crippen LogP contribution >= 0.6 is 0 Å². The van der Waals surface area contributed by atoms with E-state index in [-0.39, 0.29) is 47.9 Å². The SMILES string of the molecule is CCNC(=O)O[C@H](C(C)C)C1CCC2C(CC3C4CC[C@H]5C(C)(C)[C@@H](OC(=O)N6CCOCC6)CC[C@@]56C[C@@]46CC[C@]23C)O1.CO. The summed E-state index contributed by atoms with van der Waals surface area (Å²) < 4.78 is 24.7. The molecule has 0 aromatic rings. The van der Waals surface area contributed by atoms with Crippen molar-refractivity contribution in [3.63, 3.8) is 0 Å². The first kappa shape index (κ1) is 34.3. The molecule has 5 unspecified atom stereocenters. The van der Waals surface area contributed by atoms with Crippen LogP contribution in [0.5, 0.6) is 0 Å².